The highest BCUT2D eigenvalue weighted by Crippen LogP contribution is 2.24. The fourth-order valence-corrected chi connectivity index (χ4v) is 3.30. The van der Waals surface area contributed by atoms with Crippen molar-refractivity contribution < 1.29 is 9.90 Å². The van der Waals surface area contributed by atoms with Crippen molar-refractivity contribution in [1.82, 2.24) is 25.7 Å². The number of benzene rings is 3. The minimum absolute atomic E-state index is 0.132. The maximum Gasteiger partial charge on any atom is 0.251 e. The quantitative estimate of drug-likeness (QED) is 0.184. The molecule has 6 N–H and O–H groups in total. The number of nitrogens with zero attached hydrogens (tertiary/aromatic N) is 4. The fourth-order valence-electron chi connectivity index (χ4n) is 3.30. The smallest absolute Gasteiger partial charge is 0.251 e. The molecule has 0 atom stereocenters. The zero-order chi connectivity index (χ0) is 24.6. The van der Waals surface area contributed by atoms with Crippen molar-refractivity contribution in [3.8, 4) is 17.1 Å². The first-order valence-electron chi connectivity index (χ1n) is 11.1. The first kappa shape index (κ1) is 23.6. The third kappa shape index (κ3) is 6.27. The number of amides is 1. The Morgan fingerprint density at radius 2 is 1.57 bits per heavy atom. The molecule has 3 aromatic carbocycles. The number of nitrogens with two attached hydrogens (primary N) is 1. The van der Waals surface area contributed by atoms with E-state index in [1.165, 1.54) is 0 Å². The van der Waals surface area contributed by atoms with Crippen LogP contribution in [0.2, 0.25) is 0 Å². The molecule has 4 aromatic rings. The Labute approximate surface area is 202 Å². The summed E-state index contributed by atoms with van der Waals surface area (Å²) in [6.45, 7) is 2.63. The van der Waals surface area contributed by atoms with Crippen molar-refractivity contribution >= 4 is 17.3 Å². The average Bonchev–Trinajstić information content (AvgIpc) is 2.88. The van der Waals surface area contributed by atoms with Gasteiger partial charge in [0.2, 0.25) is 5.82 Å². The Kier molecular flexibility index (Phi) is 7.44. The molecule has 1 amide bonds. The summed E-state index contributed by atoms with van der Waals surface area (Å²) in [5, 5.41) is 28.9. The number of rotatable bonds is 9. The molecule has 0 aliphatic heterocycles. The monoisotopic (exact) mass is 470 g/mol. The predicted molar refractivity (Wildman–Crippen MR) is 134 cm³/mol. The average molecular weight is 471 g/mol. The SMILES string of the molecule is Cc1nnc(-c2ccc(CNC(=O)c3ccc(NNc4ccc(CCN)cc4O)cc3)cc2)nn1. The van der Waals surface area contributed by atoms with Crippen molar-refractivity contribution in [3.63, 3.8) is 0 Å². The van der Waals surface area contributed by atoms with Crippen LogP contribution in [0.1, 0.15) is 27.3 Å². The summed E-state index contributed by atoms with van der Waals surface area (Å²) in [6, 6.07) is 19.9. The number of carbonyl (C=O) groups is 1. The van der Waals surface area contributed by atoms with Gasteiger partial charge in [0.05, 0.1) is 11.4 Å². The van der Waals surface area contributed by atoms with E-state index in [4.69, 9.17) is 5.73 Å². The van der Waals surface area contributed by atoms with E-state index in [0.717, 1.165) is 22.4 Å². The number of aromatic nitrogens is 4. The number of phenolic OH excluding ortho intramolecular Hbond substituents is 1. The Balaban J connectivity index is 1.28. The van der Waals surface area contributed by atoms with Gasteiger partial charge in [0, 0.05) is 17.7 Å². The van der Waals surface area contributed by atoms with Crippen LogP contribution in [-0.4, -0.2) is 38.0 Å². The summed E-state index contributed by atoms with van der Waals surface area (Å²) >= 11 is 0. The molecule has 4 rings (SSSR count). The van der Waals surface area contributed by atoms with Crippen molar-refractivity contribution in [1.29, 1.82) is 0 Å². The Morgan fingerprint density at radius 1 is 0.886 bits per heavy atom. The molecule has 0 unspecified atom stereocenters. The van der Waals surface area contributed by atoms with Crippen molar-refractivity contribution in [2.24, 2.45) is 5.73 Å². The second-order valence-corrected chi connectivity index (χ2v) is 7.87. The number of nitrogens with one attached hydrogen (secondary N) is 3. The largest absolute Gasteiger partial charge is 0.506 e. The van der Waals surface area contributed by atoms with Crippen LogP contribution in [0.15, 0.2) is 66.7 Å². The zero-order valence-corrected chi connectivity index (χ0v) is 19.2. The second kappa shape index (κ2) is 11.0. The lowest BCUT2D eigenvalue weighted by molar-refractivity contribution is 0.0951. The number of aromatic hydroxyl groups is 1. The molecule has 1 heterocycles. The predicted octanol–water partition coefficient (Wildman–Crippen LogP) is 2.82. The third-order valence-electron chi connectivity index (χ3n) is 5.23. The molecule has 0 aliphatic carbocycles. The third-order valence-corrected chi connectivity index (χ3v) is 5.23. The standard InChI is InChI=1S/C25H26N8O2/c1-16-28-32-24(33-29-16)19-5-2-18(3-6-19)15-27-25(35)20-7-9-21(10-8-20)30-31-22-11-4-17(12-13-26)14-23(22)34/h2-11,14,30-31,34H,12-13,15,26H2,1H3,(H,27,35). The highest BCUT2D eigenvalue weighted by molar-refractivity contribution is 5.94. The van der Waals surface area contributed by atoms with Gasteiger partial charge in [-0.25, -0.2) is 0 Å². The molecule has 0 spiro atoms. The van der Waals surface area contributed by atoms with Crippen LogP contribution in [0.3, 0.4) is 0 Å². The van der Waals surface area contributed by atoms with Crippen molar-refractivity contribution in [2.75, 3.05) is 17.4 Å². The lowest BCUT2D eigenvalue weighted by Gasteiger charge is -2.13. The number of anilines is 2. The summed E-state index contributed by atoms with van der Waals surface area (Å²) in [6.07, 6.45) is 0.702. The van der Waals surface area contributed by atoms with Crippen LogP contribution in [0.25, 0.3) is 11.4 Å². The highest BCUT2D eigenvalue weighted by atomic mass is 16.3. The second-order valence-electron chi connectivity index (χ2n) is 7.87. The zero-order valence-electron chi connectivity index (χ0n) is 19.2. The van der Waals surface area contributed by atoms with Gasteiger partial charge < -0.3 is 21.6 Å². The maximum absolute atomic E-state index is 12.5. The van der Waals surface area contributed by atoms with E-state index in [2.05, 4.69) is 36.6 Å². The first-order valence-corrected chi connectivity index (χ1v) is 11.1. The lowest BCUT2D eigenvalue weighted by Crippen LogP contribution is -2.22. The molecule has 1 aromatic heterocycles. The van der Waals surface area contributed by atoms with E-state index in [-0.39, 0.29) is 11.7 Å². The summed E-state index contributed by atoms with van der Waals surface area (Å²) in [5.41, 5.74) is 16.1. The normalized spacial score (nSPS) is 10.6. The minimum atomic E-state index is -0.183. The fraction of sp³-hybridized carbons (Fsp3) is 0.160. The maximum atomic E-state index is 12.5. The molecule has 0 fully saturated rings. The van der Waals surface area contributed by atoms with E-state index >= 15 is 0 Å². The number of hydrogen-bond acceptors (Lipinski definition) is 9. The summed E-state index contributed by atoms with van der Waals surface area (Å²) in [4.78, 5) is 12.5. The van der Waals surface area contributed by atoms with E-state index in [0.29, 0.717) is 42.4 Å². The highest BCUT2D eigenvalue weighted by Gasteiger charge is 2.08. The molecule has 0 bridgehead atoms. The van der Waals surface area contributed by atoms with Gasteiger partial charge in [0.1, 0.15) is 5.75 Å². The van der Waals surface area contributed by atoms with Crippen LogP contribution in [0.5, 0.6) is 5.75 Å². The molecular weight excluding hydrogens is 444 g/mol. The summed E-state index contributed by atoms with van der Waals surface area (Å²) in [7, 11) is 0. The van der Waals surface area contributed by atoms with Crippen LogP contribution in [0.4, 0.5) is 11.4 Å². The molecule has 35 heavy (non-hydrogen) atoms. The van der Waals surface area contributed by atoms with E-state index in [1.807, 2.05) is 30.3 Å². The number of aryl methyl sites for hydroxylation is 1. The van der Waals surface area contributed by atoms with Gasteiger partial charge in [0.15, 0.2) is 5.82 Å². The van der Waals surface area contributed by atoms with Crippen molar-refractivity contribution in [3.05, 3.63) is 89.2 Å². The summed E-state index contributed by atoms with van der Waals surface area (Å²) in [5.74, 6) is 0.915. The summed E-state index contributed by atoms with van der Waals surface area (Å²) < 4.78 is 0. The van der Waals surface area contributed by atoms with Crippen LogP contribution >= 0.6 is 0 Å². The van der Waals surface area contributed by atoms with Crippen LogP contribution < -0.4 is 21.9 Å². The Morgan fingerprint density at radius 3 is 2.23 bits per heavy atom. The van der Waals surface area contributed by atoms with E-state index in [1.54, 1.807) is 43.3 Å². The van der Waals surface area contributed by atoms with Gasteiger partial charge in [-0.05, 0) is 67.4 Å². The molecule has 10 heteroatoms. The number of hydrazine groups is 1. The number of carbonyl (C=O) groups excluding carboxylic acids is 1. The van der Waals surface area contributed by atoms with Gasteiger partial charge >= 0.3 is 0 Å². The van der Waals surface area contributed by atoms with Gasteiger partial charge in [-0.3, -0.25) is 10.2 Å². The molecule has 10 nitrogen and oxygen atoms in total. The van der Waals surface area contributed by atoms with Gasteiger partial charge in [-0.1, -0.05) is 30.3 Å². The molecule has 0 saturated carbocycles. The van der Waals surface area contributed by atoms with Crippen LogP contribution in [0, 0.1) is 6.92 Å². The van der Waals surface area contributed by atoms with Crippen LogP contribution in [-0.2, 0) is 13.0 Å². The van der Waals surface area contributed by atoms with E-state index in [9.17, 15) is 9.90 Å². The minimum Gasteiger partial charge on any atom is -0.506 e. The first-order chi connectivity index (χ1) is 17.0. The van der Waals surface area contributed by atoms with Crippen molar-refractivity contribution in [2.45, 2.75) is 19.9 Å². The topological polar surface area (TPSA) is 151 Å². The van der Waals surface area contributed by atoms with E-state index < -0.39 is 0 Å². The molecular formula is C25H26N8O2. The number of phenols is 1. The number of hydrogen-bond donors (Lipinski definition) is 5. The Hall–Kier alpha value is -4.57. The molecule has 0 aliphatic rings. The van der Waals surface area contributed by atoms with Gasteiger partial charge in [-0.15, -0.1) is 20.4 Å². The molecule has 0 saturated heterocycles. The molecule has 0 radical (unpaired) electrons. The van der Waals surface area contributed by atoms with Gasteiger partial charge in [0.25, 0.3) is 5.91 Å². The lowest BCUT2D eigenvalue weighted by atomic mass is 10.1. The molecule has 178 valence electrons. The Bertz CT molecular complexity index is 1280. The van der Waals surface area contributed by atoms with Gasteiger partial charge in [-0.2, -0.15) is 0 Å².